The van der Waals surface area contributed by atoms with E-state index in [1.807, 2.05) is 0 Å². The first kappa shape index (κ1) is 11.0. The first-order valence-electron chi connectivity index (χ1n) is 5.05. The van der Waals surface area contributed by atoms with Crippen LogP contribution in [0.5, 0.6) is 0 Å². The molecule has 13 heavy (non-hydrogen) atoms. The molecule has 2 N–H and O–H groups in total. The fraction of sp³-hybridized carbons (Fsp3) is 1.00. The third kappa shape index (κ3) is 2.93. The zero-order chi connectivity index (χ0) is 9.84. The third-order valence-electron chi connectivity index (χ3n) is 2.59. The van der Waals surface area contributed by atoms with Crippen LogP contribution in [-0.4, -0.2) is 32.0 Å². The molecule has 3 heteroatoms. The van der Waals surface area contributed by atoms with Crippen molar-refractivity contribution in [3.05, 3.63) is 0 Å². The zero-order valence-electron chi connectivity index (χ0n) is 8.82. The Morgan fingerprint density at radius 2 is 2.15 bits per heavy atom. The predicted molar refractivity (Wildman–Crippen MR) is 52.6 cm³/mol. The summed E-state index contributed by atoms with van der Waals surface area (Å²) in [7, 11) is 1.70. The van der Waals surface area contributed by atoms with Crippen molar-refractivity contribution in [1.82, 2.24) is 0 Å². The van der Waals surface area contributed by atoms with Crippen molar-refractivity contribution < 1.29 is 9.47 Å². The average molecular weight is 187 g/mol. The molecule has 3 unspecified atom stereocenters. The van der Waals surface area contributed by atoms with Crippen LogP contribution in [0.2, 0.25) is 0 Å². The van der Waals surface area contributed by atoms with Crippen molar-refractivity contribution in [3.8, 4) is 0 Å². The molecule has 0 heterocycles. The summed E-state index contributed by atoms with van der Waals surface area (Å²) in [6, 6.07) is 0.175. The maximum atomic E-state index is 5.75. The lowest BCUT2D eigenvalue weighted by Gasteiger charge is -2.41. The molecule has 0 spiro atoms. The van der Waals surface area contributed by atoms with E-state index < -0.39 is 0 Å². The highest BCUT2D eigenvalue weighted by molar-refractivity contribution is 4.94. The summed E-state index contributed by atoms with van der Waals surface area (Å²) in [5.41, 5.74) is 5.75. The highest BCUT2D eigenvalue weighted by atomic mass is 16.5. The van der Waals surface area contributed by atoms with E-state index in [-0.39, 0.29) is 18.2 Å². The monoisotopic (exact) mass is 187 g/mol. The molecule has 1 fully saturated rings. The summed E-state index contributed by atoms with van der Waals surface area (Å²) in [6.07, 6.45) is 2.41. The number of hydrogen-bond acceptors (Lipinski definition) is 3. The fourth-order valence-corrected chi connectivity index (χ4v) is 1.56. The lowest BCUT2D eigenvalue weighted by molar-refractivity contribution is -0.127. The molecular weight excluding hydrogens is 166 g/mol. The van der Waals surface area contributed by atoms with Gasteiger partial charge in [-0.15, -0.1) is 0 Å². The van der Waals surface area contributed by atoms with E-state index in [0.29, 0.717) is 5.92 Å². The molecule has 1 rings (SSSR count). The number of nitrogens with two attached hydrogens (primary N) is 1. The Balaban J connectivity index is 2.09. The van der Waals surface area contributed by atoms with Gasteiger partial charge in [0.15, 0.2) is 0 Å². The van der Waals surface area contributed by atoms with E-state index in [1.165, 1.54) is 0 Å². The highest BCUT2D eigenvalue weighted by Crippen LogP contribution is 2.25. The van der Waals surface area contributed by atoms with Crippen LogP contribution in [0.15, 0.2) is 0 Å². The second-order valence-corrected chi connectivity index (χ2v) is 4.19. The summed E-state index contributed by atoms with van der Waals surface area (Å²) in [6.45, 7) is 5.22. The minimum Gasteiger partial charge on any atom is -0.377 e. The standard InChI is InChI=1S/C10H21NO2/c1-7(2)4-5-13-9-6-8(11)10(9)12-3/h7-10H,4-6,11H2,1-3H3. The molecule has 0 aromatic rings. The Bertz CT molecular complexity index is 150. The lowest BCUT2D eigenvalue weighted by atomic mass is 9.86. The van der Waals surface area contributed by atoms with Gasteiger partial charge in [-0.3, -0.25) is 0 Å². The number of methoxy groups -OCH3 is 1. The maximum Gasteiger partial charge on any atom is 0.0984 e. The van der Waals surface area contributed by atoms with Crippen LogP contribution < -0.4 is 5.73 Å². The third-order valence-corrected chi connectivity index (χ3v) is 2.59. The van der Waals surface area contributed by atoms with Gasteiger partial charge >= 0.3 is 0 Å². The quantitative estimate of drug-likeness (QED) is 0.702. The summed E-state index contributed by atoms with van der Waals surface area (Å²) >= 11 is 0. The lowest BCUT2D eigenvalue weighted by Crippen LogP contribution is -2.57. The Morgan fingerprint density at radius 3 is 2.62 bits per heavy atom. The molecule has 0 aliphatic heterocycles. The first-order chi connectivity index (χ1) is 6.15. The molecule has 0 radical (unpaired) electrons. The Morgan fingerprint density at radius 1 is 1.46 bits per heavy atom. The molecule has 3 atom stereocenters. The van der Waals surface area contributed by atoms with E-state index in [0.717, 1.165) is 19.4 Å². The van der Waals surface area contributed by atoms with E-state index in [4.69, 9.17) is 15.2 Å². The highest BCUT2D eigenvalue weighted by Gasteiger charge is 2.39. The topological polar surface area (TPSA) is 44.5 Å². The van der Waals surface area contributed by atoms with Gasteiger partial charge in [0.25, 0.3) is 0 Å². The van der Waals surface area contributed by atoms with Crippen molar-refractivity contribution >= 4 is 0 Å². The summed E-state index contributed by atoms with van der Waals surface area (Å²) in [5.74, 6) is 0.703. The minimum absolute atomic E-state index is 0.118. The van der Waals surface area contributed by atoms with Gasteiger partial charge in [-0.2, -0.15) is 0 Å². The van der Waals surface area contributed by atoms with Gasteiger partial charge in [0.05, 0.1) is 12.2 Å². The average Bonchev–Trinajstić information content (AvgIpc) is 2.02. The molecule has 1 saturated carbocycles. The van der Waals surface area contributed by atoms with Crippen LogP contribution in [0.4, 0.5) is 0 Å². The largest absolute Gasteiger partial charge is 0.377 e. The molecule has 0 bridgehead atoms. The number of ether oxygens (including phenoxy) is 2. The van der Waals surface area contributed by atoms with Crippen LogP contribution in [0, 0.1) is 5.92 Å². The molecule has 0 aromatic carbocycles. The van der Waals surface area contributed by atoms with E-state index in [2.05, 4.69) is 13.8 Å². The van der Waals surface area contributed by atoms with Crippen LogP contribution >= 0.6 is 0 Å². The second-order valence-electron chi connectivity index (χ2n) is 4.19. The summed E-state index contributed by atoms with van der Waals surface area (Å²) in [4.78, 5) is 0. The van der Waals surface area contributed by atoms with Crippen LogP contribution in [0.25, 0.3) is 0 Å². The summed E-state index contributed by atoms with van der Waals surface area (Å²) < 4.78 is 10.9. The Hall–Kier alpha value is -0.120. The molecular formula is C10H21NO2. The second kappa shape index (κ2) is 4.94. The normalized spacial score (nSPS) is 33.5. The van der Waals surface area contributed by atoms with Crippen molar-refractivity contribution in [3.63, 3.8) is 0 Å². The number of hydrogen-bond donors (Lipinski definition) is 1. The van der Waals surface area contributed by atoms with Crippen molar-refractivity contribution in [2.45, 2.75) is 44.9 Å². The molecule has 0 aromatic heterocycles. The fourth-order valence-electron chi connectivity index (χ4n) is 1.56. The molecule has 3 nitrogen and oxygen atoms in total. The van der Waals surface area contributed by atoms with Gasteiger partial charge in [-0.25, -0.2) is 0 Å². The number of rotatable bonds is 5. The van der Waals surface area contributed by atoms with Gasteiger partial charge in [-0.1, -0.05) is 13.8 Å². The summed E-state index contributed by atoms with van der Waals surface area (Å²) in [5, 5.41) is 0. The molecule has 0 saturated heterocycles. The molecule has 78 valence electrons. The van der Waals surface area contributed by atoms with Crippen molar-refractivity contribution in [2.75, 3.05) is 13.7 Å². The van der Waals surface area contributed by atoms with Crippen LogP contribution in [0.3, 0.4) is 0 Å². The van der Waals surface area contributed by atoms with Crippen LogP contribution in [-0.2, 0) is 9.47 Å². The molecule has 1 aliphatic carbocycles. The van der Waals surface area contributed by atoms with E-state index in [1.54, 1.807) is 7.11 Å². The maximum absolute atomic E-state index is 5.75. The Kier molecular flexibility index (Phi) is 4.16. The van der Waals surface area contributed by atoms with Gasteiger partial charge in [0, 0.05) is 19.8 Å². The van der Waals surface area contributed by atoms with Gasteiger partial charge in [0.2, 0.25) is 0 Å². The zero-order valence-corrected chi connectivity index (χ0v) is 8.82. The van der Waals surface area contributed by atoms with Crippen molar-refractivity contribution in [2.24, 2.45) is 11.7 Å². The van der Waals surface area contributed by atoms with E-state index in [9.17, 15) is 0 Å². The van der Waals surface area contributed by atoms with Crippen LogP contribution in [0.1, 0.15) is 26.7 Å². The SMILES string of the molecule is COC1C(N)CC1OCCC(C)C. The Labute approximate surface area is 80.6 Å². The van der Waals surface area contributed by atoms with Crippen molar-refractivity contribution in [1.29, 1.82) is 0 Å². The molecule has 0 amide bonds. The first-order valence-corrected chi connectivity index (χ1v) is 5.05. The van der Waals surface area contributed by atoms with Gasteiger partial charge in [-0.05, 0) is 18.8 Å². The van der Waals surface area contributed by atoms with Gasteiger partial charge in [0.1, 0.15) is 0 Å². The van der Waals surface area contributed by atoms with E-state index >= 15 is 0 Å². The minimum atomic E-state index is 0.118. The molecule has 1 aliphatic rings. The van der Waals surface area contributed by atoms with Gasteiger partial charge < -0.3 is 15.2 Å². The smallest absolute Gasteiger partial charge is 0.0984 e. The predicted octanol–water partition coefficient (Wildman–Crippen LogP) is 1.16.